The van der Waals surface area contributed by atoms with Crippen molar-refractivity contribution in [3.05, 3.63) is 54.1 Å². The first-order chi connectivity index (χ1) is 16.2. The van der Waals surface area contributed by atoms with Crippen LogP contribution in [0.4, 0.5) is 5.69 Å². The molecule has 0 aromatic heterocycles. The van der Waals surface area contributed by atoms with E-state index in [2.05, 4.69) is 5.32 Å². The Morgan fingerprint density at radius 3 is 2.24 bits per heavy atom. The molecule has 1 N–H and O–H groups in total. The third kappa shape index (κ3) is 6.86. The molecule has 0 fully saturated rings. The molecule has 0 saturated heterocycles. The third-order valence-electron chi connectivity index (χ3n) is 5.26. The topological polar surface area (TPSA) is 105 Å². The highest BCUT2D eigenvalue weighted by Crippen LogP contribution is 2.30. The van der Waals surface area contributed by atoms with Crippen LogP contribution < -0.4 is 19.1 Å². The van der Waals surface area contributed by atoms with Gasteiger partial charge in [-0.3, -0.25) is 13.9 Å². The maximum absolute atomic E-state index is 13.6. The monoisotopic (exact) mass is 491 g/mol. The van der Waals surface area contributed by atoms with Crippen molar-refractivity contribution in [2.45, 2.75) is 32.9 Å². The average Bonchev–Trinajstić information content (AvgIpc) is 2.82. The van der Waals surface area contributed by atoms with Crippen LogP contribution in [0.15, 0.2) is 48.5 Å². The van der Waals surface area contributed by atoms with Gasteiger partial charge in [0.25, 0.3) is 0 Å². The van der Waals surface area contributed by atoms with Crippen molar-refractivity contribution in [1.29, 1.82) is 0 Å². The van der Waals surface area contributed by atoms with E-state index in [0.29, 0.717) is 24.5 Å². The van der Waals surface area contributed by atoms with Crippen LogP contribution in [0.2, 0.25) is 0 Å². The Bertz CT molecular complexity index is 1070. The van der Waals surface area contributed by atoms with E-state index in [-0.39, 0.29) is 18.1 Å². The van der Waals surface area contributed by atoms with E-state index in [9.17, 15) is 18.0 Å². The maximum atomic E-state index is 13.6. The molecule has 2 aromatic rings. The van der Waals surface area contributed by atoms with Gasteiger partial charge in [0.2, 0.25) is 21.8 Å². The van der Waals surface area contributed by atoms with Gasteiger partial charge in [0.1, 0.15) is 24.1 Å². The number of carbonyl (C=O) groups is 2. The lowest BCUT2D eigenvalue weighted by atomic mass is 10.1. The molecule has 1 atom stereocenters. The molecular formula is C24H33N3O6S. The summed E-state index contributed by atoms with van der Waals surface area (Å²) in [6.45, 7) is 3.57. The van der Waals surface area contributed by atoms with Gasteiger partial charge in [-0.25, -0.2) is 8.42 Å². The lowest BCUT2D eigenvalue weighted by Gasteiger charge is -2.33. The van der Waals surface area contributed by atoms with Crippen molar-refractivity contribution in [3.8, 4) is 11.5 Å². The number of sulfonamides is 1. The van der Waals surface area contributed by atoms with Crippen LogP contribution in [-0.2, 0) is 26.2 Å². The molecule has 2 aromatic carbocycles. The van der Waals surface area contributed by atoms with Crippen LogP contribution in [0.5, 0.6) is 11.5 Å². The number of para-hydroxylation sites is 2. The van der Waals surface area contributed by atoms with Crippen molar-refractivity contribution >= 4 is 27.5 Å². The van der Waals surface area contributed by atoms with E-state index in [4.69, 9.17) is 9.47 Å². The normalized spacial score (nSPS) is 11.9. The average molecular weight is 492 g/mol. The fourth-order valence-corrected chi connectivity index (χ4v) is 4.40. The molecule has 0 bridgehead atoms. The standard InChI is InChI=1S/C24H33N3O6S/c1-6-20(24(29)25-3)26(16-18-12-14-19(32-4)15-13-18)23(28)17-27(34(5,30)31)21-10-8-9-11-22(21)33-7-2/h8-15,20H,6-7,16-17H2,1-5H3,(H,25,29)/t20-/m1/s1. The second kappa shape index (κ2) is 12.3. The second-order valence-corrected chi connectivity index (χ2v) is 9.49. The number of nitrogens with one attached hydrogen (secondary N) is 1. The van der Waals surface area contributed by atoms with Crippen molar-refractivity contribution < 1.29 is 27.5 Å². The predicted molar refractivity (Wildman–Crippen MR) is 131 cm³/mol. The van der Waals surface area contributed by atoms with Gasteiger partial charge >= 0.3 is 0 Å². The number of anilines is 1. The van der Waals surface area contributed by atoms with Crippen LogP contribution >= 0.6 is 0 Å². The Balaban J connectivity index is 2.45. The minimum absolute atomic E-state index is 0.124. The molecule has 0 radical (unpaired) electrons. The van der Waals surface area contributed by atoms with Gasteiger partial charge in [0.05, 0.1) is 25.7 Å². The second-order valence-electron chi connectivity index (χ2n) is 7.58. The van der Waals surface area contributed by atoms with Crippen molar-refractivity contribution in [3.63, 3.8) is 0 Å². The van der Waals surface area contributed by atoms with Crippen molar-refractivity contribution in [2.75, 3.05) is 37.9 Å². The van der Waals surface area contributed by atoms with Crippen LogP contribution in [0.1, 0.15) is 25.8 Å². The lowest BCUT2D eigenvalue weighted by Crippen LogP contribution is -2.51. The zero-order chi connectivity index (χ0) is 25.3. The number of hydrogen-bond donors (Lipinski definition) is 1. The highest BCUT2D eigenvalue weighted by molar-refractivity contribution is 7.92. The summed E-state index contributed by atoms with van der Waals surface area (Å²) in [6.07, 6.45) is 1.39. The van der Waals surface area contributed by atoms with Crippen LogP contribution in [0, 0.1) is 0 Å². The first kappa shape index (κ1) is 27.0. The first-order valence-corrected chi connectivity index (χ1v) is 12.8. The van der Waals surface area contributed by atoms with Crippen LogP contribution in [0.25, 0.3) is 0 Å². The van der Waals surface area contributed by atoms with Gasteiger partial charge in [-0.15, -0.1) is 0 Å². The Kier molecular flexibility index (Phi) is 9.73. The summed E-state index contributed by atoms with van der Waals surface area (Å²) in [5, 5.41) is 2.59. The number of methoxy groups -OCH3 is 1. The highest BCUT2D eigenvalue weighted by Gasteiger charge is 2.32. The number of carbonyl (C=O) groups excluding carboxylic acids is 2. The van der Waals surface area contributed by atoms with E-state index in [0.717, 1.165) is 16.1 Å². The van der Waals surface area contributed by atoms with E-state index in [1.165, 1.54) is 11.9 Å². The molecule has 0 aliphatic carbocycles. The molecule has 0 spiro atoms. The largest absolute Gasteiger partial charge is 0.497 e. The van der Waals surface area contributed by atoms with Gasteiger partial charge < -0.3 is 19.7 Å². The number of nitrogens with zero attached hydrogens (tertiary/aromatic N) is 2. The quantitative estimate of drug-likeness (QED) is 0.489. The summed E-state index contributed by atoms with van der Waals surface area (Å²) < 4.78 is 37.2. The van der Waals surface area contributed by atoms with Crippen molar-refractivity contribution in [2.24, 2.45) is 0 Å². The molecule has 0 unspecified atom stereocenters. The van der Waals surface area contributed by atoms with Gasteiger partial charge in [-0.1, -0.05) is 31.2 Å². The SMILES string of the molecule is CCOc1ccccc1N(CC(=O)N(Cc1ccc(OC)cc1)[C@H](CC)C(=O)NC)S(C)(=O)=O. The molecule has 9 nitrogen and oxygen atoms in total. The Hall–Kier alpha value is -3.27. The molecule has 0 aliphatic rings. The van der Waals surface area contributed by atoms with Gasteiger partial charge in [0, 0.05) is 13.6 Å². The Labute approximate surface area is 201 Å². The highest BCUT2D eigenvalue weighted by atomic mass is 32.2. The summed E-state index contributed by atoms with van der Waals surface area (Å²) in [6, 6.07) is 13.0. The summed E-state index contributed by atoms with van der Waals surface area (Å²) in [5.74, 6) is 0.173. The number of rotatable bonds is 12. The summed E-state index contributed by atoms with van der Waals surface area (Å²) >= 11 is 0. The smallest absolute Gasteiger partial charge is 0.244 e. The fourth-order valence-electron chi connectivity index (χ4n) is 3.55. The molecule has 10 heteroatoms. The Morgan fingerprint density at radius 2 is 1.71 bits per heavy atom. The molecular weight excluding hydrogens is 458 g/mol. The molecule has 0 heterocycles. The maximum Gasteiger partial charge on any atom is 0.244 e. The molecule has 2 amide bonds. The van der Waals surface area contributed by atoms with E-state index < -0.39 is 28.5 Å². The number of benzene rings is 2. The third-order valence-corrected chi connectivity index (χ3v) is 6.38. The van der Waals surface area contributed by atoms with Crippen LogP contribution in [-0.4, -0.2) is 64.7 Å². The van der Waals surface area contributed by atoms with Gasteiger partial charge in [-0.2, -0.15) is 0 Å². The number of amides is 2. The van der Waals surface area contributed by atoms with Crippen molar-refractivity contribution in [1.82, 2.24) is 10.2 Å². The van der Waals surface area contributed by atoms with Gasteiger partial charge in [0.15, 0.2) is 0 Å². The molecule has 0 saturated carbocycles. The summed E-state index contributed by atoms with van der Waals surface area (Å²) in [4.78, 5) is 27.6. The predicted octanol–water partition coefficient (Wildman–Crippen LogP) is 2.41. The Morgan fingerprint density at radius 1 is 1.06 bits per heavy atom. The summed E-state index contributed by atoms with van der Waals surface area (Å²) in [5.41, 5.74) is 1.04. The molecule has 2 rings (SSSR count). The number of likely N-dealkylation sites (N-methyl/N-ethyl adjacent to an activating group) is 1. The molecule has 0 aliphatic heterocycles. The minimum atomic E-state index is -3.84. The number of ether oxygens (including phenoxy) is 2. The lowest BCUT2D eigenvalue weighted by molar-refractivity contribution is -0.140. The first-order valence-electron chi connectivity index (χ1n) is 11.0. The van der Waals surface area contributed by atoms with E-state index >= 15 is 0 Å². The van der Waals surface area contributed by atoms with E-state index in [1.54, 1.807) is 69.5 Å². The summed E-state index contributed by atoms with van der Waals surface area (Å²) in [7, 11) is -0.778. The zero-order valence-electron chi connectivity index (χ0n) is 20.3. The fraction of sp³-hybridized carbons (Fsp3) is 0.417. The number of hydrogen-bond acceptors (Lipinski definition) is 6. The molecule has 34 heavy (non-hydrogen) atoms. The molecule has 186 valence electrons. The minimum Gasteiger partial charge on any atom is -0.497 e. The van der Waals surface area contributed by atoms with E-state index in [1.807, 2.05) is 0 Å². The zero-order valence-corrected chi connectivity index (χ0v) is 21.1. The van der Waals surface area contributed by atoms with Crippen LogP contribution in [0.3, 0.4) is 0 Å². The van der Waals surface area contributed by atoms with Gasteiger partial charge in [-0.05, 0) is 43.2 Å².